The quantitative estimate of drug-likeness (QED) is 0.413. The summed E-state index contributed by atoms with van der Waals surface area (Å²) in [7, 11) is -2.14. The molecule has 2 heterocycles. The lowest BCUT2D eigenvalue weighted by Gasteiger charge is -2.24. The van der Waals surface area contributed by atoms with Crippen molar-refractivity contribution in [2.75, 3.05) is 18.1 Å². The number of rotatable bonds is 6. The van der Waals surface area contributed by atoms with Crippen LogP contribution in [0.5, 0.6) is 0 Å². The highest BCUT2D eigenvalue weighted by molar-refractivity contribution is 7.89. The highest BCUT2D eigenvalue weighted by Crippen LogP contribution is 2.35. The smallest absolute Gasteiger partial charge is 0.274 e. The summed E-state index contributed by atoms with van der Waals surface area (Å²) in [6.07, 6.45) is 0. The molecule has 0 bridgehead atoms. The average molecular weight is 455 g/mol. The van der Waals surface area contributed by atoms with Crippen molar-refractivity contribution in [3.8, 4) is 0 Å². The molecule has 0 aliphatic heterocycles. The number of thiophene rings is 1. The molecule has 0 saturated heterocycles. The van der Waals surface area contributed by atoms with Crippen LogP contribution in [0.2, 0.25) is 0 Å². The first kappa shape index (κ1) is 21.4. The normalized spacial score (nSPS) is 13.9. The summed E-state index contributed by atoms with van der Waals surface area (Å²) in [5.41, 5.74) is 7.66. The van der Waals surface area contributed by atoms with Crippen molar-refractivity contribution in [2.45, 2.75) is 12.5 Å². The fourth-order valence-corrected chi connectivity index (χ4v) is 5.65. The van der Waals surface area contributed by atoms with Gasteiger partial charge in [0, 0.05) is 15.8 Å². The van der Waals surface area contributed by atoms with E-state index in [4.69, 9.17) is 5.73 Å². The number of sulfonamides is 1. The second kappa shape index (κ2) is 8.01. The van der Waals surface area contributed by atoms with E-state index in [1.807, 2.05) is 47.8 Å². The van der Waals surface area contributed by atoms with E-state index in [1.165, 1.54) is 18.4 Å². The second-order valence-corrected chi connectivity index (χ2v) is 10.4. The zero-order valence-electron chi connectivity index (χ0n) is 17.0. The fourth-order valence-electron chi connectivity index (χ4n) is 3.48. The van der Waals surface area contributed by atoms with Crippen LogP contribution in [-0.2, 0) is 15.6 Å². The highest BCUT2D eigenvalue weighted by atomic mass is 32.2. The summed E-state index contributed by atoms with van der Waals surface area (Å²) in [6.45, 7) is 1.69. The number of anilines is 1. The van der Waals surface area contributed by atoms with Crippen molar-refractivity contribution in [3.05, 3.63) is 71.2 Å². The topological polar surface area (TPSA) is 114 Å². The Morgan fingerprint density at radius 2 is 1.94 bits per heavy atom. The van der Waals surface area contributed by atoms with Gasteiger partial charge < -0.3 is 11.1 Å². The molecule has 2 aromatic carbocycles. The minimum Gasteiger partial charge on any atom is -0.321 e. The number of benzene rings is 2. The van der Waals surface area contributed by atoms with Gasteiger partial charge in [-0.3, -0.25) is 4.79 Å². The number of aromatic nitrogens is 1. The van der Waals surface area contributed by atoms with E-state index in [-0.39, 0.29) is 11.7 Å². The highest BCUT2D eigenvalue weighted by Gasteiger charge is 2.30. The van der Waals surface area contributed by atoms with E-state index in [2.05, 4.69) is 15.0 Å². The molecule has 31 heavy (non-hydrogen) atoms. The van der Waals surface area contributed by atoms with Crippen LogP contribution in [-0.4, -0.2) is 32.1 Å². The maximum Gasteiger partial charge on any atom is 0.274 e. The lowest BCUT2D eigenvalue weighted by molar-refractivity contribution is 0.102. The largest absolute Gasteiger partial charge is 0.321 e. The molecule has 7 nitrogen and oxygen atoms in total. The zero-order valence-corrected chi connectivity index (χ0v) is 18.7. The molecule has 160 valence electrons. The predicted molar refractivity (Wildman–Crippen MR) is 126 cm³/mol. The Bertz CT molecular complexity index is 1390. The number of nitrogens with zero attached hydrogens (tertiary/aromatic N) is 1. The van der Waals surface area contributed by atoms with Gasteiger partial charge in [-0.1, -0.05) is 24.3 Å². The first-order valence-electron chi connectivity index (χ1n) is 9.57. The zero-order chi connectivity index (χ0) is 22.2. The number of carbonyl (C=O) groups is 1. The van der Waals surface area contributed by atoms with Crippen molar-refractivity contribution >= 4 is 53.9 Å². The molecule has 4 aromatic rings. The fraction of sp³-hybridized carbons (Fsp3) is 0.182. The second-order valence-electron chi connectivity index (χ2n) is 7.58. The van der Waals surface area contributed by atoms with Gasteiger partial charge in [-0.25, -0.2) is 18.1 Å². The minimum atomic E-state index is -3.50. The molecule has 4 N–H and O–H groups in total. The average Bonchev–Trinajstić information content (AvgIpc) is 3.17. The molecule has 0 radical (unpaired) electrons. The minimum absolute atomic E-state index is 0.250. The van der Waals surface area contributed by atoms with Gasteiger partial charge in [-0.15, -0.1) is 11.3 Å². The van der Waals surface area contributed by atoms with Crippen molar-refractivity contribution in [1.82, 2.24) is 9.71 Å². The summed E-state index contributed by atoms with van der Waals surface area (Å²) < 4.78 is 27.4. The number of pyridine rings is 1. The van der Waals surface area contributed by atoms with Gasteiger partial charge >= 0.3 is 0 Å². The molecule has 0 unspecified atom stereocenters. The molecule has 2 aromatic heterocycles. The maximum atomic E-state index is 12.8. The van der Waals surface area contributed by atoms with Crippen LogP contribution in [0.1, 0.15) is 23.0 Å². The van der Waals surface area contributed by atoms with Crippen molar-refractivity contribution in [3.63, 3.8) is 0 Å². The monoisotopic (exact) mass is 454 g/mol. The summed E-state index contributed by atoms with van der Waals surface area (Å²) >= 11 is 1.48. The number of nitrogens with two attached hydrogens (primary N) is 1. The Kier molecular flexibility index (Phi) is 5.52. The Morgan fingerprint density at radius 1 is 1.16 bits per heavy atom. The molecular weight excluding hydrogens is 432 g/mol. The number of fused-ring (bicyclic) bond motifs is 2. The summed E-state index contributed by atoms with van der Waals surface area (Å²) in [6, 6.07) is 16.6. The number of nitrogens with one attached hydrogen (secondary N) is 2. The molecule has 1 atom stereocenters. The maximum absolute atomic E-state index is 12.8. The predicted octanol–water partition coefficient (Wildman–Crippen LogP) is 3.42. The van der Waals surface area contributed by atoms with E-state index < -0.39 is 15.6 Å². The Hall–Kier alpha value is -2.85. The molecule has 9 heteroatoms. The van der Waals surface area contributed by atoms with Gasteiger partial charge in [-0.2, -0.15) is 0 Å². The van der Waals surface area contributed by atoms with Crippen LogP contribution in [0, 0.1) is 0 Å². The first-order chi connectivity index (χ1) is 14.7. The van der Waals surface area contributed by atoms with Crippen LogP contribution in [0.3, 0.4) is 0 Å². The van der Waals surface area contributed by atoms with Crippen molar-refractivity contribution in [1.29, 1.82) is 0 Å². The summed E-state index contributed by atoms with van der Waals surface area (Å²) in [5, 5.41) is 6.51. The molecule has 0 aliphatic rings. The van der Waals surface area contributed by atoms with Crippen molar-refractivity contribution < 1.29 is 13.2 Å². The van der Waals surface area contributed by atoms with Gasteiger partial charge in [0.2, 0.25) is 10.0 Å². The number of para-hydroxylation sites is 1. The summed E-state index contributed by atoms with van der Waals surface area (Å²) in [4.78, 5) is 17.2. The molecule has 0 fully saturated rings. The van der Waals surface area contributed by atoms with E-state index in [1.54, 1.807) is 19.1 Å². The van der Waals surface area contributed by atoms with Crippen LogP contribution >= 0.6 is 11.3 Å². The Morgan fingerprint density at radius 3 is 2.71 bits per heavy atom. The molecule has 0 aliphatic carbocycles. The van der Waals surface area contributed by atoms with Gasteiger partial charge in [0.15, 0.2) is 0 Å². The standard InChI is InChI=1S/C22H22N4O3S2/c1-22(23,13-31(28,29)24-2)17-12-30-20-10-8-15(11-16(17)20)25-21(27)19-9-7-14-5-3-4-6-18(14)26-19/h3-12,24H,13,23H2,1-2H3,(H,25,27)/t22-/m0/s1. The molecule has 4 rings (SSSR count). The third kappa shape index (κ3) is 4.45. The summed E-state index contributed by atoms with van der Waals surface area (Å²) in [5.74, 6) is -0.574. The molecule has 1 amide bonds. The van der Waals surface area contributed by atoms with Gasteiger partial charge in [0.1, 0.15) is 5.69 Å². The van der Waals surface area contributed by atoms with E-state index in [0.29, 0.717) is 16.9 Å². The van der Waals surface area contributed by atoms with Gasteiger partial charge in [0.05, 0.1) is 16.8 Å². The number of carbonyl (C=O) groups excluding carboxylic acids is 1. The molecule has 0 saturated carbocycles. The molecule has 0 spiro atoms. The third-order valence-corrected chi connectivity index (χ3v) is 7.64. The lowest BCUT2D eigenvalue weighted by atomic mass is 9.95. The van der Waals surface area contributed by atoms with Crippen molar-refractivity contribution in [2.24, 2.45) is 5.73 Å². The Labute approximate surface area is 184 Å². The Balaban J connectivity index is 1.64. The van der Waals surface area contributed by atoms with E-state index in [0.717, 1.165) is 21.0 Å². The molecular formula is C22H22N4O3S2. The first-order valence-corrected chi connectivity index (χ1v) is 12.1. The van der Waals surface area contributed by atoms with E-state index in [9.17, 15) is 13.2 Å². The third-order valence-electron chi connectivity index (χ3n) is 5.08. The number of amides is 1. The van der Waals surface area contributed by atoms with Crippen LogP contribution in [0.15, 0.2) is 60.0 Å². The SMILES string of the molecule is CNS(=O)(=O)C[C@](C)(N)c1csc2ccc(NC(=O)c3ccc4ccccc4n3)cc12. The van der Waals surface area contributed by atoms with Gasteiger partial charge in [0.25, 0.3) is 5.91 Å². The number of hydrogen-bond acceptors (Lipinski definition) is 6. The van der Waals surface area contributed by atoms with Crippen LogP contribution in [0.4, 0.5) is 5.69 Å². The number of hydrogen-bond donors (Lipinski definition) is 3. The van der Waals surface area contributed by atoms with Gasteiger partial charge in [-0.05, 0) is 60.6 Å². The van der Waals surface area contributed by atoms with Crippen LogP contribution < -0.4 is 15.8 Å². The van der Waals surface area contributed by atoms with Crippen LogP contribution in [0.25, 0.3) is 21.0 Å². The van der Waals surface area contributed by atoms with E-state index >= 15 is 0 Å². The lowest BCUT2D eigenvalue weighted by Crippen LogP contribution is -2.43.